The zero-order chi connectivity index (χ0) is 14.2. The summed E-state index contributed by atoms with van der Waals surface area (Å²) in [5.41, 5.74) is 1.55. The quantitative estimate of drug-likeness (QED) is 0.558. The number of hydrogen-bond acceptors (Lipinski definition) is 0. The van der Waals surface area contributed by atoms with Gasteiger partial charge in [0.25, 0.3) is 0 Å². The lowest BCUT2D eigenvalue weighted by atomic mass is 9.66. The van der Waals surface area contributed by atoms with Gasteiger partial charge in [-0.25, -0.2) is 0 Å². The molecule has 2 aliphatic carbocycles. The van der Waals surface area contributed by atoms with Crippen molar-refractivity contribution in [2.24, 2.45) is 11.8 Å². The van der Waals surface area contributed by atoms with Gasteiger partial charge in [-0.05, 0) is 65.5 Å². The van der Waals surface area contributed by atoms with Crippen LogP contribution < -0.4 is 0 Å². The van der Waals surface area contributed by atoms with E-state index in [2.05, 4.69) is 30.3 Å². The minimum absolute atomic E-state index is 0.782. The van der Waals surface area contributed by atoms with Gasteiger partial charge < -0.3 is 0 Å². The van der Waals surface area contributed by atoms with Gasteiger partial charge in [-0.1, -0.05) is 61.5 Å². The summed E-state index contributed by atoms with van der Waals surface area (Å²) in [6.45, 7) is 0. The molecule has 0 spiro atoms. The summed E-state index contributed by atoms with van der Waals surface area (Å²) in [6.07, 6.45) is 10.2. The normalized spacial score (nSPS) is 29.3. The maximum Gasteiger partial charge on any atom is 0.0412 e. The standard InChI is InChI=1S/C20H23Cl/c21-20-10-9-18-12-17(7-8-19(18)13-20)16-6-5-14-3-1-2-4-15(14)11-16/h7-10,12-16H,1-6,11H2. The van der Waals surface area contributed by atoms with Gasteiger partial charge in [-0.2, -0.15) is 0 Å². The van der Waals surface area contributed by atoms with E-state index in [0.717, 1.165) is 22.8 Å². The molecule has 0 radical (unpaired) electrons. The van der Waals surface area contributed by atoms with Crippen molar-refractivity contribution in [3.05, 3.63) is 47.0 Å². The summed E-state index contributed by atoms with van der Waals surface area (Å²) in [6, 6.07) is 13.2. The molecule has 0 aliphatic heterocycles. The molecule has 2 aliphatic rings. The number of hydrogen-bond donors (Lipinski definition) is 0. The van der Waals surface area contributed by atoms with Crippen molar-refractivity contribution in [2.45, 2.75) is 50.9 Å². The summed E-state index contributed by atoms with van der Waals surface area (Å²) in [4.78, 5) is 0. The largest absolute Gasteiger partial charge is 0.0843 e. The van der Waals surface area contributed by atoms with Crippen molar-refractivity contribution < 1.29 is 0 Å². The fourth-order valence-electron chi connectivity index (χ4n) is 4.67. The van der Waals surface area contributed by atoms with Crippen LogP contribution in [0.25, 0.3) is 10.8 Å². The first-order valence-electron chi connectivity index (χ1n) is 8.49. The number of rotatable bonds is 1. The van der Waals surface area contributed by atoms with Crippen molar-refractivity contribution in [2.75, 3.05) is 0 Å². The molecule has 0 N–H and O–H groups in total. The SMILES string of the molecule is Clc1ccc2cc(C3CCC4CCCCC4C3)ccc2c1. The molecule has 3 atom stereocenters. The van der Waals surface area contributed by atoms with Crippen LogP contribution in [0, 0.1) is 11.8 Å². The highest BCUT2D eigenvalue weighted by Crippen LogP contribution is 2.46. The summed E-state index contributed by atoms with van der Waals surface area (Å²) in [5, 5.41) is 3.43. The second-order valence-corrected chi connectivity index (χ2v) is 7.50. The summed E-state index contributed by atoms with van der Waals surface area (Å²) in [5.74, 6) is 2.82. The van der Waals surface area contributed by atoms with E-state index in [1.807, 2.05) is 6.07 Å². The first-order chi connectivity index (χ1) is 10.3. The van der Waals surface area contributed by atoms with Crippen molar-refractivity contribution in [1.29, 1.82) is 0 Å². The van der Waals surface area contributed by atoms with Crippen LogP contribution in [0.5, 0.6) is 0 Å². The third-order valence-electron chi connectivity index (χ3n) is 5.84. The monoisotopic (exact) mass is 298 g/mol. The second-order valence-electron chi connectivity index (χ2n) is 7.07. The van der Waals surface area contributed by atoms with E-state index < -0.39 is 0 Å². The van der Waals surface area contributed by atoms with Gasteiger partial charge in [-0.15, -0.1) is 0 Å². The Kier molecular flexibility index (Phi) is 3.67. The average molecular weight is 299 g/mol. The van der Waals surface area contributed by atoms with E-state index in [9.17, 15) is 0 Å². The molecule has 2 aromatic carbocycles. The van der Waals surface area contributed by atoms with Crippen LogP contribution in [0.2, 0.25) is 5.02 Å². The van der Waals surface area contributed by atoms with Crippen molar-refractivity contribution in [3.63, 3.8) is 0 Å². The van der Waals surface area contributed by atoms with Gasteiger partial charge in [0, 0.05) is 5.02 Å². The molecule has 110 valence electrons. The Morgan fingerprint density at radius 3 is 2.43 bits per heavy atom. The molecule has 0 saturated heterocycles. The number of benzene rings is 2. The third-order valence-corrected chi connectivity index (χ3v) is 6.07. The smallest absolute Gasteiger partial charge is 0.0412 e. The van der Waals surface area contributed by atoms with Crippen molar-refractivity contribution in [1.82, 2.24) is 0 Å². The van der Waals surface area contributed by atoms with Crippen LogP contribution in [0.1, 0.15) is 56.4 Å². The zero-order valence-corrected chi connectivity index (χ0v) is 13.3. The lowest BCUT2D eigenvalue weighted by Gasteiger charge is -2.39. The van der Waals surface area contributed by atoms with Crippen molar-refractivity contribution >= 4 is 22.4 Å². The Balaban J connectivity index is 1.59. The lowest BCUT2D eigenvalue weighted by Crippen LogP contribution is -2.26. The molecule has 2 saturated carbocycles. The Morgan fingerprint density at radius 2 is 1.52 bits per heavy atom. The first-order valence-corrected chi connectivity index (χ1v) is 8.86. The Hall–Kier alpha value is -1.01. The molecular formula is C20H23Cl. The van der Waals surface area contributed by atoms with Crippen LogP contribution in [-0.2, 0) is 0 Å². The molecule has 0 nitrogen and oxygen atoms in total. The predicted molar refractivity (Wildman–Crippen MR) is 91.0 cm³/mol. The van der Waals surface area contributed by atoms with Crippen LogP contribution in [0.3, 0.4) is 0 Å². The highest BCUT2D eigenvalue weighted by molar-refractivity contribution is 6.31. The molecular weight excluding hydrogens is 276 g/mol. The van der Waals surface area contributed by atoms with Gasteiger partial charge in [-0.3, -0.25) is 0 Å². The zero-order valence-electron chi connectivity index (χ0n) is 12.5. The third kappa shape index (κ3) is 2.71. The van der Waals surface area contributed by atoms with Crippen molar-refractivity contribution in [3.8, 4) is 0 Å². The maximum absolute atomic E-state index is 6.08. The molecule has 2 aromatic rings. The van der Waals surface area contributed by atoms with Gasteiger partial charge in [0.15, 0.2) is 0 Å². The Labute approximate surface area is 132 Å². The summed E-state index contributed by atoms with van der Waals surface area (Å²) in [7, 11) is 0. The first kappa shape index (κ1) is 13.6. The second kappa shape index (κ2) is 5.65. The molecule has 0 bridgehead atoms. The van der Waals surface area contributed by atoms with Gasteiger partial charge in [0.1, 0.15) is 0 Å². The molecule has 1 heteroatoms. The topological polar surface area (TPSA) is 0 Å². The Morgan fingerprint density at radius 1 is 0.762 bits per heavy atom. The van der Waals surface area contributed by atoms with Crippen LogP contribution >= 0.6 is 11.6 Å². The summed E-state index contributed by atoms with van der Waals surface area (Å²) >= 11 is 6.08. The maximum atomic E-state index is 6.08. The molecule has 21 heavy (non-hydrogen) atoms. The van der Waals surface area contributed by atoms with E-state index in [-0.39, 0.29) is 0 Å². The fraction of sp³-hybridized carbons (Fsp3) is 0.500. The van der Waals surface area contributed by atoms with E-state index in [1.165, 1.54) is 55.7 Å². The van der Waals surface area contributed by atoms with E-state index in [4.69, 9.17) is 11.6 Å². The van der Waals surface area contributed by atoms with Gasteiger partial charge in [0.05, 0.1) is 0 Å². The van der Waals surface area contributed by atoms with E-state index in [0.29, 0.717) is 0 Å². The van der Waals surface area contributed by atoms with Crippen LogP contribution in [0.15, 0.2) is 36.4 Å². The highest BCUT2D eigenvalue weighted by atomic mass is 35.5. The molecule has 2 fully saturated rings. The van der Waals surface area contributed by atoms with E-state index >= 15 is 0 Å². The Bertz CT molecular complexity index is 645. The van der Waals surface area contributed by atoms with Crippen LogP contribution in [-0.4, -0.2) is 0 Å². The number of fused-ring (bicyclic) bond motifs is 2. The minimum Gasteiger partial charge on any atom is -0.0843 e. The molecule has 3 unspecified atom stereocenters. The highest BCUT2D eigenvalue weighted by Gasteiger charge is 2.32. The fourth-order valence-corrected chi connectivity index (χ4v) is 4.85. The number of halogens is 1. The lowest BCUT2D eigenvalue weighted by molar-refractivity contribution is 0.155. The van der Waals surface area contributed by atoms with Gasteiger partial charge >= 0.3 is 0 Å². The minimum atomic E-state index is 0.782. The average Bonchev–Trinajstić information content (AvgIpc) is 2.54. The summed E-state index contributed by atoms with van der Waals surface area (Å²) < 4.78 is 0. The molecule has 0 heterocycles. The molecule has 0 aromatic heterocycles. The van der Waals surface area contributed by atoms with E-state index in [1.54, 1.807) is 5.56 Å². The molecule has 0 amide bonds. The van der Waals surface area contributed by atoms with Gasteiger partial charge in [0.2, 0.25) is 0 Å². The predicted octanol–water partition coefficient (Wildman–Crippen LogP) is 6.57. The molecule has 4 rings (SSSR count). The van der Waals surface area contributed by atoms with Crippen LogP contribution in [0.4, 0.5) is 0 Å².